The number of aryl methyl sites for hydroxylation is 2. The van der Waals surface area contributed by atoms with E-state index in [1.807, 2.05) is 43.9 Å². The molecule has 0 aliphatic carbocycles. The summed E-state index contributed by atoms with van der Waals surface area (Å²) in [6, 6.07) is 5.27. The number of Topliss-reactive ketones (excluding diaryl/α,β-unsaturated/α-hetero) is 1. The van der Waals surface area contributed by atoms with Gasteiger partial charge in [0.25, 0.3) is 0 Å². The third-order valence-electron chi connectivity index (χ3n) is 4.16. The number of nitrogens with two attached hydrogens (primary N) is 1. The number of carbonyl (C=O) groups is 2. The fraction of sp³-hybridized carbons (Fsp3) is 0.500. The molecule has 2 atom stereocenters. The number of hydrogen-bond donors (Lipinski definition) is 1. The molecule has 0 saturated carbocycles. The van der Waals surface area contributed by atoms with E-state index in [1.165, 1.54) is 0 Å². The number of benzene rings is 1. The zero-order valence-corrected chi connectivity index (χ0v) is 12.3. The fourth-order valence-corrected chi connectivity index (χ4v) is 2.94. The molecule has 1 fully saturated rings. The van der Waals surface area contributed by atoms with E-state index in [1.54, 1.807) is 0 Å². The van der Waals surface area contributed by atoms with Gasteiger partial charge >= 0.3 is 0 Å². The van der Waals surface area contributed by atoms with Crippen LogP contribution in [0, 0.1) is 13.8 Å². The molecule has 108 valence electrons. The highest BCUT2D eigenvalue weighted by atomic mass is 16.1. The number of likely N-dealkylation sites (tertiary alicyclic amines) is 1. The van der Waals surface area contributed by atoms with Gasteiger partial charge in [-0.05, 0) is 51.8 Å². The number of carbonyl (C=O) groups excluding carboxylic acids is 2. The van der Waals surface area contributed by atoms with Crippen LogP contribution in [0.2, 0.25) is 0 Å². The first-order chi connectivity index (χ1) is 9.41. The number of nitrogens with zero attached hydrogens (tertiary/aromatic N) is 1. The molecule has 2 unspecified atom stereocenters. The van der Waals surface area contributed by atoms with Crippen molar-refractivity contribution < 1.29 is 9.59 Å². The van der Waals surface area contributed by atoms with E-state index in [9.17, 15) is 9.59 Å². The van der Waals surface area contributed by atoms with Crippen molar-refractivity contribution >= 4 is 11.7 Å². The first-order valence-corrected chi connectivity index (χ1v) is 7.08. The van der Waals surface area contributed by atoms with Crippen LogP contribution in [0.5, 0.6) is 0 Å². The summed E-state index contributed by atoms with van der Waals surface area (Å²) in [6.45, 7) is 6.54. The van der Waals surface area contributed by atoms with E-state index < -0.39 is 0 Å². The monoisotopic (exact) mass is 274 g/mol. The van der Waals surface area contributed by atoms with Gasteiger partial charge in [0.2, 0.25) is 5.91 Å². The second kappa shape index (κ2) is 5.75. The minimum Gasteiger partial charge on any atom is -0.368 e. The summed E-state index contributed by atoms with van der Waals surface area (Å²) in [5.41, 5.74) is 8.21. The molecule has 1 saturated heterocycles. The topological polar surface area (TPSA) is 63.4 Å². The summed E-state index contributed by atoms with van der Waals surface area (Å²) >= 11 is 0. The summed E-state index contributed by atoms with van der Waals surface area (Å²) in [6.07, 6.45) is 1.66. The number of primary amides is 1. The third-order valence-corrected chi connectivity index (χ3v) is 4.16. The van der Waals surface area contributed by atoms with E-state index in [-0.39, 0.29) is 23.8 Å². The molecule has 4 heteroatoms. The van der Waals surface area contributed by atoms with Crippen molar-refractivity contribution in [2.75, 3.05) is 6.54 Å². The zero-order valence-electron chi connectivity index (χ0n) is 12.3. The Bertz CT molecular complexity index is 539. The van der Waals surface area contributed by atoms with Crippen LogP contribution in [0.1, 0.15) is 41.3 Å². The van der Waals surface area contributed by atoms with Gasteiger partial charge in [-0.2, -0.15) is 0 Å². The molecule has 0 aromatic heterocycles. The van der Waals surface area contributed by atoms with Crippen molar-refractivity contribution in [1.29, 1.82) is 0 Å². The number of rotatable bonds is 4. The van der Waals surface area contributed by atoms with Gasteiger partial charge in [0, 0.05) is 5.56 Å². The number of ketones is 1. The zero-order chi connectivity index (χ0) is 14.9. The van der Waals surface area contributed by atoms with Gasteiger partial charge in [-0.3, -0.25) is 14.5 Å². The molecule has 4 nitrogen and oxygen atoms in total. The lowest BCUT2D eigenvalue weighted by atomic mass is 9.97. The van der Waals surface area contributed by atoms with Gasteiger partial charge in [0.1, 0.15) is 0 Å². The Kier molecular flexibility index (Phi) is 4.23. The van der Waals surface area contributed by atoms with Crippen molar-refractivity contribution in [3.05, 3.63) is 34.9 Å². The molecule has 1 aromatic rings. The van der Waals surface area contributed by atoms with Crippen LogP contribution < -0.4 is 5.73 Å². The van der Waals surface area contributed by atoms with E-state index in [2.05, 4.69) is 0 Å². The van der Waals surface area contributed by atoms with E-state index in [0.29, 0.717) is 0 Å². The molecular weight excluding hydrogens is 252 g/mol. The van der Waals surface area contributed by atoms with Crippen LogP contribution in [0.25, 0.3) is 0 Å². The van der Waals surface area contributed by atoms with Gasteiger partial charge in [-0.25, -0.2) is 0 Å². The molecule has 2 rings (SSSR count). The molecule has 0 radical (unpaired) electrons. The molecule has 1 aromatic carbocycles. The molecule has 20 heavy (non-hydrogen) atoms. The van der Waals surface area contributed by atoms with E-state index >= 15 is 0 Å². The highest BCUT2D eigenvalue weighted by Crippen LogP contribution is 2.23. The molecule has 2 N–H and O–H groups in total. The van der Waals surface area contributed by atoms with E-state index in [4.69, 9.17) is 5.73 Å². The van der Waals surface area contributed by atoms with Crippen molar-refractivity contribution in [1.82, 2.24) is 4.90 Å². The predicted octanol–water partition coefficient (Wildman–Crippen LogP) is 1.82. The highest BCUT2D eigenvalue weighted by molar-refractivity contribution is 6.01. The summed E-state index contributed by atoms with van der Waals surface area (Å²) in [4.78, 5) is 26.1. The summed E-state index contributed by atoms with van der Waals surface area (Å²) < 4.78 is 0. The Morgan fingerprint density at radius 1 is 1.35 bits per heavy atom. The average Bonchev–Trinajstić information content (AvgIpc) is 2.89. The third kappa shape index (κ3) is 2.75. The highest BCUT2D eigenvalue weighted by Gasteiger charge is 2.35. The van der Waals surface area contributed by atoms with Gasteiger partial charge < -0.3 is 5.73 Å². The molecular formula is C16H22N2O2. The lowest BCUT2D eigenvalue weighted by Crippen LogP contribution is -2.48. The Balaban J connectivity index is 2.24. The van der Waals surface area contributed by atoms with Crippen molar-refractivity contribution in [2.24, 2.45) is 5.73 Å². The minimum absolute atomic E-state index is 0.0688. The second-order valence-corrected chi connectivity index (χ2v) is 5.66. The summed E-state index contributed by atoms with van der Waals surface area (Å²) in [5, 5.41) is 0. The van der Waals surface area contributed by atoms with Crippen molar-refractivity contribution in [3.63, 3.8) is 0 Å². The second-order valence-electron chi connectivity index (χ2n) is 5.66. The van der Waals surface area contributed by atoms with Gasteiger partial charge in [-0.1, -0.05) is 17.7 Å². The normalized spacial score (nSPS) is 20.9. The first kappa shape index (κ1) is 14.7. The molecule has 1 aliphatic heterocycles. The minimum atomic E-state index is -0.330. The maximum Gasteiger partial charge on any atom is 0.234 e. The number of amides is 1. The van der Waals surface area contributed by atoms with Crippen LogP contribution in [0.3, 0.4) is 0 Å². The lowest BCUT2D eigenvalue weighted by Gasteiger charge is -2.28. The molecule has 0 bridgehead atoms. The van der Waals surface area contributed by atoms with Crippen molar-refractivity contribution in [2.45, 2.75) is 45.7 Å². The average molecular weight is 274 g/mol. The number of hydrogen-bond acceptors (Lipinski definition) is 3. The molecule has 1 aliphatic rings. The van der Waals surface area contributed by atoms with Gasteiger partial charge in [-0.15, -0.1) is 0 Å². The van der Waals surface area contributed by atoms with Crippen LogP contribution in [-0.4, -0.2) is 35.2 Å². The first-order valence-electron chi connectivity index (χ1n) is 7.08. The smallest absolute Gasteiger partial charge is 0.234 e. The Morgan fingerprint density at radius 3 is 2.70 bits per heavy atom. The quantitative estimate of drug-likeness (QED) is 0.852. The SMILES string of the molecule is Cc1ccc(C)c(C(=O)C(C)N2CCCC2C(N)=O)c1. The van der Waals surface area contributed by atoms with Crippen LogP contribution in [0.4, 0.5) is 0 Å². The lowest BCUT2D eigenvalue weighted by molar-refractivity contribution is -0.122. The maximum atomic E-state index is 12.7. The Labute approximate surface area is 119 Å². The Hall–Kier alpha value is -1.68. The van der Waals surface area contributed by atoms with Crippen molar-refractivity contribution in [3.8, 4) is 0 Å². The maximum absolute atomic E-state index is 12.7. The molecule has 1 amide bonds. The fourth-order valence-electron chi connectivity index (χ4n) is 2.94. The molecule has 0 spiro atoms. The summed E-state index contributed by atoms with van der Waals surface area (Å²) in [5.74, 6) is -0.262. The largest absolute Gasteiger partial charge is 0.368 e. The van der Waals surface area contributed by atoms with Gasteiger partial charge in [0.15, 0.2) is 5.78 Å². The van der Waals surface area contributed by atoms with Crippen LogP contribution in [-0.2, 0) is 4.79 Å². The standard InChI is InChI=1S/C16H22N2O2/c1-10-6-7-11(2)13(9-10)15(19)12(3)18-8-4-5-14(18)16(17)20/h6-7,9,12,14H,4-5,8H2,1-3H3,(H2,17,20). The summed E-state index contributed by atoms with van der Waals surface area (Å²) in [7, 11) is 0. The predicted molar refractivity (Wildman–Crippen MR) is 78.6 cm³/mol. The van der Waals surface area contributed by atoms with E-state index in [0.717, 1.165) is 36.1 Å². The van der Waals surface area contributed by atoms with Crippen LogP contribution >= 0.6 is 0 Å². The van der Waals surface area contributed by atoms with Gasteiger partial charge in [0.05, 0.1) is 12.1 Å². The van der Waals surface area contributed by atoms with Crippen LogP contribution in [0.15, 0.2) is 18.2 Å². The Morgan fingerprint density at radius 2 is 2.05 bits per heavy atom. The molecule has 1 heterocycles.